The molecule has 1 aliphatic rings. The van der Waals surface area contributed by atoms with Gasteiger partial charge in [-0.15, -0.1) is 0 Å². The predicted octanol–water partition coefficient (Wildman–Crippen LogP) is 4.74. The van der Waals surface area contributed by atoms with E-state index >= 15 is 0 Å². The average molecular weight is 460 g/mol. The van der Waals surface area contributed by atoms with E-state index in [-0.39, 0.29) is 35.8 Å². The summed E-state index contributed by atoms with van der Waals surface area (Å²) in [6, 6.07) is 15.2. The lowest BCUT2D eigenvalue weighted by Gasteiger charge is -2.30. The molecule has 4 aromatic rings. The van der Waals surface area contributed by atoms with Gasteiger partial charge in [0.2, 0.25) is 17.5 Å². The lowest BCUT2D eigenvalue weighted by atomic mass is 9.96. The number of oxazole rings is 1. The number of halogens is 1. The van der Waals surface area contributed by atoms with Crippen LogP contribution in [0.25, 0.3) is 23.0 Å². The van der Waals surface area contributed by atoms with E-state index in [1.165, 1.54) is 18.4 Å². The molecule has 1 aliphatic heterocycles. The van der Waals surface area contributed by atoms with E-state index in [0.717, 1.165) is 5.56 Å². The SMILES string of the molecule is N#Cc1nc(-c2ccco2)oc1N1CCC(C(=O)NCc2ccc(-c3ccc(F)cc3)o2)CC1. The van der Waals surface area contributed by atoms with E-state index < -0.39 is 0 Å². The number of hydrogen-bond acceptors (Lipinski definition) is 7. The first-order chi connectivity index (χ1) is 16.6. The molecule has 172 valence electrons. The van der Waals surface area contributed by atoms with Gasteiger partial charge in [-0.05, 0) is 61.4 Å². The number of piperidine rings is 1. The number of hydrogen-bond donors (Lipinski definition) is 1. The second-order valence-corrected chi connectivity index (χ2v) is 8.01. The first kappa shape index (κ1) is 21.5. The Hall–Kier alpha value is -4.32. The number of furan rings is 2. The third-order valence-electron chi connectivity index (χ3n) is 5.83. The van der Waals surface area contributed by atoms with Gasteiger partial charge in [0.1, 0.15) is 23.4 Å². The number of carbonyl (C=O) groups is 1. The first-order valence-corrected chi connectivity index (χ1v) is 10.9. The lowest BCUT2D eigenvalue weighted by Crippen LogP contribution is -2.40. The molecule has 0 unspecified atom stereocenters. The van der Waals surface area contributed by atoms with E-state index in [1.807, 2.05) is 4.90 Å². The summed E-state index contributed by atoms with van der Waals surface area (Å²) in [6.45, 7) is 1.40. The summed E-state index contributed by atoms with van der Waals surface area (Å²) in [5.74, 6) is 1.85. The van der Waals surface area contributed by atoms with Gasteiger partial charge in [-0.25, -0.2) is 4.39 Å². The van der Waals surface area contributed by atoms with Gasteiger partial charge in [0.25, 0.3) is 5.89 Å². The maximum Gasteiger partial charge on any atom is 0.266 e. The molecule has 3 aromatic heterocycles. The van der Waals surface area contributed by atoms with Crippen molar-refractivity contribution in [3.05, 3.63) is 72.1 Å². The molecule has 4 heterocycles. The van der Waals surface area contributed by atoms with Crippen LogP contribution in [0.1, 0.15) is 24.3 Å². The van der Waals surface area contributed by atoms with Crippen LogP contribution in [0.4, 0.5) is 10.3 Å². The number of carbonyl (C=O) groups excluding carboxylic acids is 1. The summed E-state index contributed by atoms with van der Waals surface area (Å²) in [5, 5.41) is 12.4. The van der Waals surface area contributed by atoms with E-state index in [0.29, 0.717) is 49.1 Å². The minimum absolute atomic E-state index is 0.0475. The van der Waals surface area contributed by atoms with Crippen LogP contribution in [0.3, 0.4) is 0 Å². The van der Waals surface area contributed by atoms with Crippen LogP contribution in [-0.2, 0) is 11.3 Å². The Morgan fingerprint density at radius 1 is 1.12 bits per heavy atom. The number of benzene rings is 1. The molecule has 1 fully saturated rings. The van der Waals surface area contributed by atoms with E-state index in [1.54, 1.807) is 36.4 Å². The zero-order valence-corrected chi connectivity index (χ0v) is 18.2. The highest BCUT2D eigenvalue weighted by molar-refractivity contribution is 5.79. The molecular weight excluding hydrogens is 439 g/mol. The maximum absolute atomic E-state index is 13.1. The Morgan fingerprint density at radius 2 is 1.91 bits per heavy atom. The highest BCUT2D eigenvalue weighted by atomic mass is 19.1. The highest BCUT2D eigenvalue weighted by Crippen LogP contribution is 2.31. The summed E-state index contributed by atoms with van der Waals surface area (Å²) in [5.41, 5.74) is 0.967. The minimum Gasteiger partial charge on any atom is -0.459 e. The predicted molar refractivity (Wildman–Crippen MR) is 120 cm³/mol. The monoisotopic (exact) mass is 460 g/mol. The first-order valence-electron chi connectivity index (χ1n) is 10.9. The Balaban J connectivity index is 1.16. The largest absolute Gasteiger partial charge is 0.459 e. The van der Waals surface area contributed by atoms with Crippen molar-refractivity contribution in [3.8, 4) is 29.0 Å². The number of nitriles is 1. The van der Waals surface area contributed by atoms with Crippen LogP contribution in [-0.4, -0.2) is 24.0 Å². The number of nitrogens with one attached hydrogen (secondary N) is 1. The van der Waals surface area contributed by atoms with Crippen LogP contribution in [0.15, 0.2) is 68.0 Å². The normalized spacial score (nSPS) is 14.2. The Labute approximate surface area is 194 Å². The zero-order valence-electron chi connectivity index (χ0n) is 18.2. The topological polar surface area (TPSA) is 108 Å². The van der Waals surface area contributed by atoms with Crippen LogP contribution in [0.5, 0.6) is 0 Å². The van der Waals surface area contributed by atoms with E-state index in [9.17, 15) is 14.4 Å². The van der Waals surface area contributed by atoms with Crippen LogP contribution in [0.2, 0.25) is 0 Å². The highest BCUT2D eigenvalue weighted by Gasteiger charge is 2.29. The van der Waals surface area contributed by atoms with E-state index in [2.05, 4.69) is 16.4 Å². The van der Waals surface area contributed by atoms with Gasteiger partial charge in [-0.2, -0.15) is 10.2 Å². The van der Waals surface area contributed by atoms with Gasteiger partial charge < -0.3 is 23.5 Å². The Morgan fingerprint density at radius 3 is 2.62 bits per heavy atom. The van der Waals surface area contributed by atoms with Gasteiger partial charge in [0, 0.05) is 24.6 Å². The van der Waals surface area contributed by atoms with Gasteiger partial charge in [-0.1, -0.05) is 0 Å². The molecule has 0 aliphatic carbocycles. The minimum atomic E-state index is -0.307. The zero-order chi connectivity index (χ0) is 23.5. The molecule has 1 amide bonds. The number of rotatable bonds is 6. The molecule has 0 saturated carbocycles. The number of nitrogens with zero attached hydrogens (tertiary/aromatic N) is 3. The lowest BCUT2D eigenvalue weighted by molar-refractivity contribution is -0.125. The standard InChI is InChI=1S/C25H21FN4O4/c26-18-5-3-16(4-6-18)21-8-7-19(33-21)15-28-23(31)17-9-11-30(12-10-17)25-20(14-27)29-24(34-25)22-2-1-13-32-22/h1-8,13,17H,9-12,15H2,(H,28,31). The molecule has 1 saturated heterocycles. The third-order valence-corrected chi connectivity index (χ3v) is 5.83. The van der Waals surface area contributed by atoms with Crippen LogP contribution >= 0.6 is 0 Å². The van der Waals surface area contributed by atoms with Crippen molar-refractivity contribution < 1.29 is 22.4 Å². The van der Waals surface area contributed by atoms with Crippen molar-refractivity contribution in [1.29, 1.82) is 5.26 Å². The Kier molecular flexibility index (Phi) is 5.87. The smallest absolute Gasteiger partial charge is 0.266 e. The average Bonchev–Trinajstić information content (AvgIpc) is 3.63. The second kappa shape index (κ2) is 9.27. The molecule has 1 N–H and O–H groups in total. The molecule has 5 rings (SSSR count). The fraction of sp³-hybridized carbons (Fsp3) is 0.240. The summed E-state index contributed by atoms with van der Waals surface area (Å²) >= 11 is 0. The molecular formula is C25H21FN4O4. The van der Waals surface area contributed by atoms with Gasteiger partial charge in [0.05, 0.1) is 12.8 Å². The molecule has 0 atom stereocenters. The number of anilines is 1. The molecule has 0 spiro atoms. The number of amides is 1. The molecule has 9 heteroatoms. The summed E-state index contributed by atoms with van der Waals surface area (Å²) in [6.07, 6.45) is 2.75. The quantitative estimate of drug-likeness (QED) is 0.443. The molecule has 8 nitrogen and oxygen atoms in total. The fourth-order valence-corrected chi connectivity index (χ4v) is 4.01. The van der Waals surface area contributed by atoms with Crippen molar-refractivity contribution >= 4 is 11.8 Å². The van der Waals surface area contributed by atoms with Gasteiger partial charge >= 0.3 is 0 Å². The molecule has 34 heavy (non-hydrogen) atoms. The van der Waals surface area contributed by atoms with Crippen molar-refractivity contribution in [3.63, 3.8) is 0 Å². The number of aromatic nitrogens is 1. The van der Waals surface area contributed by atoms with Crippen molar-refractivity contribution in [1.82, 2.24) is 10.3 Å². The van der Waals surface area contributed by atoms with Crippen molar-refractivity contribution in [2.75, 3.05) is 18.0 Å². The van der Waals surface area contributed by atoms with Gasteiger partial charge in [0.15, 0.2) is 5.76 Å². The third kappa shape index (κ3) is 4.43. The van der Waals surface area contributed by atoms with Gasteiger partial charge in [-0.3, -0.25) is 4.79 Å². The molecule has 1 aromatic carbocycles. The Bertz CT molecular complexity index is 1310. The second-order valence-electron chi connectivity index (χ2n) is 8.01. The van der Waals surface area contributed by atoms with Crippen molar-refractivity contribution in [2.24, 2.45) is 5.92 Å². The van der Waals surface area contributed by atoms with Crippen molar-refractivity contribution in [2.45, 2.75) is 19.4 Å². The summed E-state index contributed by atoms with van der Waals surface area (Å²) < 4.78 is 30.0. The summed E-state index contributed by atoms with van der Waals surface area (Å²) in [7, 11) is 0. The fourth-order valence-electron chi connectivity index (χ4n) is 4.01. The molecule has 0 bridgehead atoms. The summed E-state index contributed by atoms with van der Waals surface area (Å²) in [4.78, 5) is 18.9. The van der Waals surface area contributed by atoms with Crippen LogP contribution < -0.4 is 10.2 Å². The van der Waals surface area contributed by atoms with E-state index in [4.69, 9.17) is 13.3 Å². The van der Waals surface area contributed by atoms with Crippen LogP contribution in [0, 0.1) is 23.1 Å². The molecule has 0 radical (unpaired) electrons. The maximum atomic E-state index is 13.1.